The minimum Gasteiger partial charge on any atom is -0.365 e. The van der Waals surface area contributed by atoms with Crippen LogP contribution in [0.5, 0.6) is 0 Å². The summed E-state index contributed by atoms with van der Waals surface area (Å²) < 4.78 is 0. The zero-order valence-electron chi connectivity index (χ0n) is 12.0. The van der Waals surface area contributed by atoms with Crippen molar-refractivity contribution in [2.75, 3.05) is 32.1 Å². The van der Waals surface area contributed by atoms with Crippen LogP contribution in [-0.4, -0.2) is 32.1 Å². The van der Waals surface area contributed by atoms with Crippen molar-refractivity contribution in [2.45, 2.75) is 16.3 Å². The second-order valence-corrected chi connectivity index (χ2v) is 6.49. The maximum atomic E-state index is 2.49. The van der Waals surface area contributed by atoms with Gasteiger partial charge in [-0.2, -0.15) is 0 Å². The van der Waals surface area contributed by atoms with Crippen LogP contribution in [-0.2, 0) is 6.54 Å². The first-order chi connectivity index (χ1) is 9.74. The van der Waals surface area contributed by atoms with Gasteiger partial charge in [0.1, 0.15) is 0 Å². The van der Waals surface area contributed by atoms with Gasteiger partial charge in [-0.1, -0.05) is 42.1 Å². The molecule has 0 radical (unpaired) electrons. The fraction of sp³-hybridized carbons (Fsp3) is 0.294. The summed E-state index contributed by atoms with van der Waals surface area (Å²) in [6.07, 6.45) is 0. The topological polar surface area (TPSA) is 6.48 Å². The second-order valence-electron chi connectivity index (χ2n) is 5.40. The summed E-state index contributed by atoms with van der Waals surface area (Å²) in [6.45, 7) is 3.12. The number of fused-ring (bicyclic) bond motifs is 2. The molecule has 0 saturated heterocycles. The lowest BCUT2D eigenvalue weighted by molar-refractivity contribution is 0.412. The van der Waals surface area contributed by atoms with Crippen LogP contribution in [0.25, 0.3) is 0 Å². The maximum Gasteiger partial charge on any atom is 0.0511 e. The highest BCUT2D eigenvalue weighted by atomic mass is 32.2. The second kappa shape index (κ2) is 5.90. The normalized spacial score (nSPS) is 13.8. The van der Waals surface area contributed by atoms with E-state index in [9.17, 15) is 0 Å². The summed E-state index contributed by atoms with van der Waals surface area (Å²) in [4.78, 5) is 7.48. The Morgan fingerprint density at radius 3 is 2.50 bits per heavy atom. The SMILES string of the molecule is CN(C)CCN1Cc2ccccc2Sc2ccccc21. The number of hydrogen-bond acceptors (Lipinski definition) is 3. The third-order valence-corrected chi connectivity index (χ3v) is 4.76. The first kappa shape index (κ1) is 13.5. The van der Waals surface area contributed by atoms with Crippen LogP contribution in [0.4, 0.5) is 5.69 Å². The minimum atomic E-state index is 0.994. The largest absolute Gasteiger partial charge is 0.365 e. The van der Waals surface area contributed by atoms with Gasteiger partial charge in [0.25, 0.3) is 0 Å². The Morgan fingerprint density at radius 1 is 1.00 bits per heavy atom. The predicted octanol–water partition coefficient (Wildman–Crippen LogP) is 3.72. The molecule has 0 aromatic heterocycles. The molecule has 1 aliphatic heterocycles. The molecule has 2 nitrogen and oxygen atoms in total. The van der Waals surface area contributed by atoms with E-state index in [-0.39, 0.29) is 0 Å². The molecule has 104 valence electrons. The summed E-state index contributed by atoms with van der Waals surface area (Å²) in [7, 11) is 4.26. The molecule has 1 aliphatic rings. The number of likely N-dealkylation sites (N-methyl/N-ethyl adjacent to an activating group) is 1. The van der Waals surface area contributed by atoms with Gasteiger partial charge in [-0.15, -0.1) is 0 Å². The Kier molecular flexibility index (Phi) is 3.99. The third kappa shape index (κ3) is 2.84. The molecule has 1 heterocycles. The highest BCUT2D eigenvalue weighted by Gasteiger charge is 2.18. The molecule has 0 N–H and O–H groups in total. The Bertz CT molecular complexity index is 595. The van der Waals surface area contributed by atoms with Crippen molar-refractivity contribution >= 4 is 17.4 Å². The molecule has 20 heavy (non-hydrogen) atoms. The lowest BCUT2D eigenvalue weighted by Gasteiger charge is -2.26. The van der Waals surface area contributed by atoms with Crippen molar-refractivity contribution in [2.24, 2.45) is 0 Å². The van der Waals surface area contributed by atoms with Gasteiger partial charge in [0, 0.05) is 29.4 Å². The molecule has 2 aromatic carbocycles. The lowest BCUT2D eigenvalue weighted by Crippen LogP contribution is -2.31. The van der Waals surface area contributed by atoms with Crippen LogP contribution >= 0.6 is 11.8 Å². The predicted molar refractivity (Wildman–Crippen MR) is 86.6 cm³/mol. The Balaban J connectivity index is 1.97. The average Bonchev–Trinajstić information content (AvgIpc) is 2.61. The van der Waals surface area contributed by atoms with Gasteiger partial charge in [0.05, 0.1) is 5.69 Å². The van der Waals surface area contributed by atoms with Gasteiger partial charge >= 0.3 is 0 Å². The van der Waals surface area contributed by atoms with Crippen LogP contribution in [0.15, 0.2) is 58.3 Å². The van der Waals surface area contributed by atoms with Crippen LogP contribution in [0, 0.1) is 0 Å². The first-order valence-corrected chi connectivity index (χ1v) is 7.80. The number of anilines is 1. The number of nitrogens with zero attached hydrogens (tertiary/aromatic N) is 2. The van der Waals surface area contributed by atoms with E-state index in [2.05, 4.69) is 72.4 Å². The molecule has 0 unspecified atom stereocenters. The van der Waals surface area contributed by atoms with E-state index in [1.165, 1.54) is 21.0 Å². The van der Waals surface area contributed by atoms with Crippen molar-refractivity contribution in [3.63, 3.8) is 0 Å². The molecular weight excluding hydrogens is 264 g/mol. The van der Waals surface area contributed by atoms with Crippen molar-refractivity contribution in [1.29, 1.82) is 0 Å². The molecular formula is C17H20N2S. The van der Waals surface area contributed by atoms with Crippen molar-refractivity contribution in [3.05, 3.63) is 54.1 Å². The minimum absolute atomic E-state index is 0.994. The van der Waals surface area contributed by atoms with Crippen molar-refractivity contribution in [3.8, 4) is 0 Å². The zero-order chi connectivity index (χ0) is 13.9. The summed E-state index contributed by atoms with van der Waals surface area (Å²) in [5.74, 6) is 0. The Morgan fingerprint density at radius 2 is 1.70 bits per heavy atom. The van der Waals surface area contributed by atoms with E-state index in [0.717, 1.165) is 19.6 Å². The molecule has 0 spiro atoms. The summed E-state index contributed by atoms with van der Waals surface area (Å²) >= 11 is 1.89. The first-order valence-electron chi connectivity index (χ1n) is 6.98. The van der Waals surface area contributed by atoms with Gasteiger partial charge < -0.3 is 9.80 Å². The Labute approximate surface area is 125 Å². The Hall–Kier alpha value is -1.45. The van der Waals surface area contributed by atoms with Gasteiger partial charge in [-0.05, 0) is 37.9 Å². The molecule has 3 rings (SSSR count). The average molecular weight is 284 g/mol. The quantitative estimate of drug-likeness (QED) is 0.848. The molecule has 0 fully saturated rings. The molecule has 0 saturated carbocycles. The number of benzene rings is 2. The molecule has 0 aliphatic carbocycles. The van der Waals surface area contributed by atoms with E-state index in [1.807, 2.05) is 11.8 Å². The van der Waals surface area contributed by atoms with Gasteiger partial charge in [-0.25, -0.2) is 0 Å². The summed E-state index contributed by atoms with van der Waals surface area (Å²) in [6, 6.07) is 17.5. The van der Waals surface area contributed by atoms with Crippen molar-refractivity contribution in [1.82, 2.24) is 4.90 Å². The van der Waals surface area contributed by atoms with Crippen molar-refractivity contribution < 1.29 is 0 Å². The van der Waals surface area contributed by atoms with E-state index < -0.39 is 0 Å². The smallest absolute Gasteiger partial charge is 0.0511 e. The van der Waals surface area contributed by atoms with Gasteiger partial charge in [0.15, 0.2) is 0 Å². The van der Waals surface area contributed by atoms with E-state index >= 15 is 0 Å². The zero-order valence-corrected chi connectivity index (χ0v) is 12.9. The van der Waals surface area contributed by atoms with E-state index in [4.69, 9.17) is 0 Å². The fourth-order valence-corrected chi connectivity index (χ4v) is 3.56. The number of para-hydroxylation sites is 1. The van der Waals surface area contributed by atoms with Gasteiger partial charge in [0.2, 0.25) is 0 Å². The van der Waals surface area contributed by atoms with Crippen LogP contribution < -0.4 is 4.90 Å². The van der Waals surface area contributed by atoms with Crippen LogP contribution in [0.3, 0.4) is 0 Å². The fourth-order valence-electron chi connectivity index (χ4n) is 2.47. The monoisotopic (exact) mass is 284 g/mol. The molecule has 2 aromatic rings. The standard InChI is InChI=1S/C17H20N2S/c1-18(2)11-12-19-13-14-7-3-5-9-16(14)20-17-10-6-4-8-15(17)19/h3-10H,11-13H2,1-2H3. The summed E-state index contributed by atoms with van der Waals surface area (Å²) in [5.41, 5.74) is 2.78. The molecule has 0 atom stereocenters. The van der Waals surface area contributed by atoms with E-state index in [0.29, 0.717) is 0 Å². The number of rotatable bonds is 3. The third-order valence-electron chi connectivity index (χ3n) is 3.58. The molecule has 0 bridgehead atoms. The highest BCUT2D eigenvalue weighted by Crippen LogP contribution is 2.40. The van der Waals surface area contributed by atoms with E-state index in [1.54, 1.807) is 0 Å². The number of hydrogen-bond donors (Lipinski definition) is 0. The lowest BCUT2D eigenvalue weighted by atomic mass is 10.2. The summed E-state index contributed by atoms with van der Waals surface area (Å²) in [5, 5.41) is 0. The maximum absolute atomic E-state index is 2.49. The molecule has 0 amide bonds. The van der Waals surface area contributed by atoms with Crippen LogP contribution in [0.1, 0.15) is 5.56 Å². The van der Waals surface area contributed by atoms with Gasteiger partial charge in [-0.3, -0.25) is 0 Å². The highest BCUT2D eigenvalue weighted by molar-refractivity contribution is 7.99. The molecule has 3 heteroatoms. The van der Waals surface area contributed by atoms with Crippen LogP contribution in [0.2, 0.25) is 0 Å².